The summed E-state index contributed by atoms with van der Waals surface area (Å²) in [4.78, 5) is 63.6. The molecule has 2 rings (SSSR count). The molecule has 0 aromatic rings. The molecule has 13 nitrogen and oxygen atoms in total. The first kappa shape index (κ1) is 36.1. The van der Waals surface area contributed by atoms with Crippen molar-refractivity contribution in [1.82, 2.24) is 10.6 Å². The van der Waals surface area contributed by atoms with E-state index in [0.717, 1.165) is 6.08 Å². The fourth-order valence-corrected chi connectivity index (χ4v) is 4.99. The molecule has 6 atom stereocenters. The Morgan fingerprint density at radius 2 is 1.82 bits per heavy atom. The van der Waals surface area contributed by atoms with E-state index in [2.05, 4.69) is 10.6 Å². The summed E-state index contributed by atoms with van der Waals surface area (Å²) >= 11 is 0. The zero-order chi connectivity index (χ0) is 33.1. The first-order chi connectivity index (χ1) is 20.7. The quantitative estimate of drug-likeness (QED) is 0.263. The number of nitrogens with one attached hydrogen (secondary N) is 2. The van der Waals surface area contributed by atoms with Gasteiger partial charge in [-0.2, -0.15) is 0 Å². The van der Waals surface area contributed by atoms with Crippen LogP contribution in [0.5, 0.6) is 0 Å². The third-order valence-corrected chi connectivity index (χ3v) is 7.30. The highest BCUT2D eigenvalue weighted by atomic mass is 16.6. The summed E-state index contributed by atoms with van der Waals surface area (Å²) in [5.41, 5.74) is 5.55. The number of nitrogens with two attached hydrogens (primary N) is 1. The Balaban J connectivity index is 2.64. The Bertz CT molecular complexity index is 1280. The summed E-state index contributed by atoms with van der Waals surface area (Å²) in [5, 5.41) is 16.1. The summed E-state index contributed by atoms with van der Waals surface area (Å²) in [5.74, 6) is -2.83. The molecule has 0 saturated carbocycles. The molecule has 0 saturated heterocycles. The Morgan fingerprint density at radius 3 is 2.41 bits per heavy atom. The van der Waals surface area contributed by atoms with E-state index in [1.54, 1.807) is 39.8 Å². The first-order valence-corrected chi connectivity index (χ1v) is 14.3. The number of fused-ring (bicyclic) bond motifs is 2. The van der Waals surface area contributed by atoms with Gasteiger partial charge >= 0.3 is 12.2 Å². The highest BCUT2D eigenvalue weighted by Gasteiger charge is 2.34. The van der Waals surface area contributed by atoms with Gasteiger partial charge in [-0.25, -0.2) is 9.59 Å². The van der Waals surface area contributed by atoms with Gasteiger partial charge in [-0.3, -0.25) is 19.7 Å². The van der Waals surface area contributed by atoms with E-state index in [1.807, 2.05) is 0 Å². The topological polar surface area (TPSA) is 193 Å². The molecular formula is C31H43N3O10. The van der Waals surface area contributed by atoms with Crippen LogP contribution in [0.15, 0.2) is 58.5 Å². The van der Waals surface area contributed by atoms with Crippen LogP contribution in [-0.2, 0) is 33.3 Å². The number of methoxy groups -OCH3 is 2. The maximum Gasteiger partial charge on any atom is 0.411 e. The fraction of sp³-hybridized carbons (Fsp3) is 0.516. The lowest BCUT2D eigenvalue weighted by atomic mass is 9.85. The Hall–Kier alpha value is -4.07. The molecule has 0 aromatic heterocycles. The molecule has 1 aliphatic heterocycles. The predicted molar refractivity (Wildman–Crippen MR) is 160 cm³/mol. The van der Waals surface area contributed by atoms with Crippen molar-refractivity contribution in [2.24, 2.45) is 17.6 Å². The van der Waals surface area contributed by atoms with E-state index < -0.39 is 60.0 Å². The summed E-state index contributed by atoms with van der Waals surface area (Å²) in [6.07, 6.45) is 2.04. The summed E-state index contributed by atoms with van der Waals surface area (Å²) in [6.45, 7) is 8.42. The van der Waals surface area contributed by atoms with E-state index in [4.69, 9.17) is 24.7 Å². The third-order valence-electron chi connectivity index (χ3n) is 7.30. The number of aliphatic hydroxyl groups is 1. The minimum Gasteiger partial charge on any atom is -0.450 e. The molecule has 0 aromatic carbocycles. The summed E-state index contributed by atoms with van der Waals surface area (Å²) in [6, 6.07) is 0. The molecule has 0 radical (unpaired) electrons. The van der Waals surface area contributed by atoms with Gasteiger partial charge in [-0.1, -0.05) is 38.2 Å². The smallest absolute Gasteiger partial charge is 0.411 e. The van der Waals surface area contributed by atoms with Crippen molar-refractivity contribution in [2.45, 2.75) is 71.9 Å². The third kappa shape index (κ3) is 9.73. The van der Waals surface area contributed by atoms with Gasteiger partial charge in [0.15, 0.2) is 6.10 Å². The number of allylic oxidation sites excluding steroid dienone is 4. The standard InChI is InChI=1S/C31H43N3O10/c1-8-43-31(40)34-25-20-12-16(2)13-24(42-7)26(36)18(4)14-19(5)28(44-30(32)39)23(41-6)11-9-10-17(3)29(38)33-21(27(20)37)15-22(25)35/h9-11,14-16,18,23-24,26,28,36H,8,12-13H2,1-7H3,(H2,32,39)(H,33,38)(H,34,40)/b11-9-,17-10-,19-14-/t16-,18+,23+,24+,26-,28+/m1/s1. The maximum atomic E-state index is 13.6. The van der Waals surface area contributed by atoms with E-state index in [1.165, 1.54) is 33.3 Å². The highest BCUT2D eigenvalue weighted by molar-refractivity contribution is 6.24. The molecule has 0 fully saturated rings. The lowest BCUT2D eigenvalue weighted by molar-refractivity contribution is -0.120. The van der Waals surface area contributed by atoms with Gasteiger partial charge < -0.3 is 35.1 Å². The molecule has 13 heteroatoms. The number of ketones is 2. The minimum absolute atomic E-state index is 0.0109. The predicted octanol–water partition coefficient (Wildman–Crippen LogP) is 2.51. The van der Waals surface area contributed by atoms with E-state index in [-0.39, 0.29) is 47.9 Å². The lowest BCUT2D eigenvalue weighted by Gasteiger charge is -2.30. The number of Topliss-reactive ketones (excluding diaryl/α,β-unsaturated/α-hetero) is 1. The number of ether oxygens (including phenoxy) is 4. The monoisotopic (exact) mass is 617 g/mol. The number of aliphatic hydroxyl groups excluding tert-OH is 1. The largest absolute Gasteiger partial charge is 0.450 e. The van der Waals surface area contributed by atoms with Crippen LogP contribution in [0.4, 0.5) is 9.59 Å². The molecule has 242 valence electrons. The number of hydrogen-bond acceptors (Lipinski definition) is 10. The van der Waals surface area contributed by atoms with Crippen LogP contribution >= 0.6 is 0 Å². The average Bonchev–Trinajstić information content (AvgIpc) is 2.96. The van der Waals surface area contributed by atoms with Crippen molar-refractivity contribution in [3.05, 3.63) is 58.5 Å². The van der Waals surface area contributed by atoms with Gasteiger partial charge in [-0.15, -0.1) is 0 Å². The number of rotatable bonds is 5. The number of alkyl carbamates (subject to hydrolysis) is 1. The fourth-order valence-electron chi connectivity index (χ4n) is 4.99. The molecule has 0 spiro atoms. The normalized spacial score (nSPS) is 30.6. The van der Waals surface area contributed by atoms with Crippen LogP contribution < -0.4 is 16.4 Å². The number of carbonyl (C=O) groups is 5. The van der Waals surface area contributed by atoms with Crippen LogP contribution in [0.3, 0.4) is 0 Å². The second kappa shape index (κ2) is 16.7. The zero-order valence-corrected chi connectivity index (χ0v) is 26.2. The van der Waals surface area contributed by atoms with E-state index >= 15 is 0 Å². The van der Waals surface area contributed by atoms with Gasteiger partial charge in [0.05, 0.1) is 30.2 Å². The second-order valence-corrected chi connectivity index (χ2v) is 10.8. The molecule has 3 amide bonds. The Kier molecular flexibility index (Phi) is 13.7. The molecule has 1 heterocycles. The van der Waals surface area contributed by atoms with Crippen LogP contribution in [-0.4, -0.2) is 80.0 Å². The number of carbonyl (C=O) groups excluding carboxylic acids is 5. The van der Waals surface area contributed by atoms with Crippen molar-refractivity contribution >= 4 is 29.7 Å². The summed E-state index contributed by atoms with van der Waals surface area (Å²) in [7, 11) is 2.85. The first-order valence-electron chi connectivity index (χ1n) is 14.3. The van der Waals surface area contributed by atoms with Crippen molar-refractivity contribution in [3.8, 4) is 0 Å². The van der Waals surface area contributed by atoms with Crippen LogP contribution in [0.1, 0.15) is 47.5 Å². The van der Waals surface area contributed by atoms with Gasteiger partial charge in [0.1, 0.15) is 6.10 Å². The van der Waals surface area contributed by atoms with Crippen LogP contribution in [0.25, 0.3) is 0 Å². The molecular weight excluding hydrogens is 574 g/mol. The maximum absolute atomic E-state index is 13.6. The van der Waals surface area contributed by atoms with Crippen molar-refractivity contribution in [2.75, 3.05) is 20.8 Å². The zero-order valence-electron chi connectivity index (χ0n) is 26.2. The van der Waals surface area contributed by atoms with Crippen LogP contribution in [0, 0.1) is 11.8 Å². The van der Waals surface area contributed by atoms with Crippen molar-refractivity contribution < 1.29 is 48.0 Å². The van der Waals surface area contributed by atoms with E-state index in [9.17, 15) is 29.1 Å². The Morgan fingerprint density at radius 1 is 1.14 bits per heavy atom. The van der Waals surface area contributed by atoms with Crippen LogP contribution in [0.2, 0.25) is 0 Å². The molecule has 44 heavy (non-hydrogen) atoms. The van der Waals surface area contributed by atoms with Gasteiger partial charge in [0, 0.05) is 37.4 Å². The van der Waals surface area contributed by atoms with Crippen molar-refractivity contribution in [3.63, 3.8) is 0 Å². The average molecular weight is 618 g/mol. The lowest BCUT2D eigenvalue weighted by Crippen LogP contribution is -2.38. The molecule has 5 N–H and O–H groups in total. The number of hydrogen-bond donors (Lipinski definition) is 4. The molecule has 2 aliphatic rings. The molecule has 2 bridgehead atoms. The molecule has 0 unspecified atom stereocenters. The van der Waals surface area contributed by atoms with Crippen molar-refractivity contribution in [1.29, 1.82) is 0 Å². The second-order valence-electron chi connectivity index (χ2n) is 10.8. The SMILES string of the molecule is CCOC(=O)NC1=C2C[C@@H](C)C[C@H](OC)[C@H](O)[C@@H](C)/C=C(/C)[C@H](OC(N)=O)[C@@H](OC)/C=C\C=C(\C)C(=O)NC(=CC1=O)C2=O. The highest BCUT2D eigenvalue weighted by Crippen LogP contribution is 2.29. The van der Waals surface area contributed by atoms with Gasteiger partial charge in [0.25, 0.3) is 5.91 Å². The number of amides is 3. The number of primary amides is 1. The van der Waals surface area contributed by atoms with Gasteiger partial charge in [0.2, 0.25) is 11.6 Å². The van der Waals surface area contributed by atoms with Gasteiger partial charge in [-0.05, 0) is 45.1 Å². The summed E-state index contributed by atoms with van der Waals surface area (Å²) < 4.78 is 21.4. The molecule has 1 aliphatic carbocycles. The van der Waals surface area contributed by atoms with E-state index in [0.29, 0.717) is 5.57 Å². The minimum atomic E-state index is -1.03. The Labute approximate surface area is 257 Å².